The minimum atomic E-state index is -4.56. The van der Waals surface area contributed by atoms with Crippen LogP contribution in [0.1, 0.15) is 11.3 Å². The van der Waals surface area contributed by atoms with Gasteiger partial charge in [-0.05, 0) is 6.07 Å². The van der Waals surface area contributed by atoms with E-state index >= 15 is 0 Å². The summed E-state index contributed by atoms with van der Waals surface area (Å²) in [6, 6.07) is 2.66. The predicted octanol–water partition coefficient (Wildman–Crippen LogP) is 1.75. The summed E-state index contributed by atoms with van der Waals surface area (Å²) in [5, 5.41) is 8.30. The number of rotatable bonds is 1. The summed E-state index contributed by atoms with van der Waals surface area (Å²) in [5.74, 6) is 0. The summed E-state index contributed by atoms with van der Waals surface area (Å²) in [5.41, 5.74) is 3.42. The Kier molecular flexibility index (Phi) is 2.60. The van der Waals surface area contributed by atoms with Gasteiger partial charge in [-0.15, -0.1) is 0 Å². The van der Waals surface area contributed by atoms with E-state index in [9.17, 15) is 13.2 Å². The third-order valence-electron chi connectivity index (χ3n) is 1.59. The van der Waals surface area contributed by atoms with Crippen LogP contribution in [0.15, 0.2) is 12.3 Å². The van der Waals surface area contributed by atoms with E-state index in [0.29, 0.717) is 0 Å². The number of pyridine rings is 1. The van der Waals surface area contributed by atoms with Gasteiger partial charge in [0, 0.05) is 11.9 Å². The molecule has 6 heteroatoms. The molecule has 0 aliphatic heterocycles. The predicted molar refractivity (Wildman–Crippen MR) is 43.0 cm³/mol. The van der Waals surface area contributed by atoms with Crippen molar-refractivity contribution in [2.24, 2.45) is 0 Å². The first kappa shape index (κ1) is 10.3. The van der Waals surface area contributed by atoms with Gasteiger partial charge >= 0.3 is 6.18 Å². The zero-order chi connectivity index (χ0) is 10.8. The fourth-order valence-corrected chi connectivity index (χ4v) is 1.06. The van der Waals surface area contributed by atoms with Crippen molar-refractivity contribution in [3.8, 4) is 6.07 Å². The third kappa shape index (κ3) is 1.93. The molecule has 2 N–H and O–H groups in total. The van der Waals surface area contributed by atoms with Gasteiger partial charge in [-0.3, -0.25) is 4.98 Å². The molecule has 1 aromatic rings. The summed E-state index contributed by atoms with van der Waals surface area (Å²) in [7, 11) is 0. The molecule has 0 saturated carbocycles. The van der Waals surface area contributed by atoms with Crippen molar-refractivity contribution in [2.45, 2.75) is 12.6 Å². The summed E-state index contributed by atoms with van der Waals surface area (Å²) in [4.78, 5) is 3.47. The van der Waals surface area contributed by atoms with Crippen molar-refractivity contribution in [1.29, 1.82) is 5.26 Å². The van der Waals surface area contributed by atoms with E-state index in [0.717, 1.165) is 12.3 Å². The van der Waals surface area contributed by atoms with Gasteiger partial charge in [0.15, 0.2) is 0 Å². The highest BCUT2D eigenvalue weighted by Gasteiger charge is 2.36. The number of hydrogen-bond donors (Lipinski definition) is 1. The average molecular weight is 201 g/mol. The van der Waals surface area contributed by atoms with Crippen molar-refractivity contribution < 1.29 is 13.2 Å². The number of nitriles is 1. The lowest BCUT2D eigenvalue weighted by Crippen LogP contribution is -2.13. The molecule has 0 aromatic carbocycles. The molecule has 0 aliphatic carbocycles. The van der Waals surface area contributed by atoms with Crippen LogP contribution < -0.4 is 5.73 Å². The van der Waals surface area contributed by atoms with Crippen LogP contribution in [0.4, 0.5) is 18.9 Å². The third-order valence-corrected chi connectivity index (χ3v) is 1.59. The first-order valence-electron chi connectivity index (χ1n) is 3.64. The van der Waals surface area contributed by atoms with E-state index < -0.39 is 23.8 Å². The number of alkyl halides is 3. The smallest absolute Gasteiger partial charge is 0.398 e. The minimum Gasteiger partial charge on any atom is -0.398 e. The Morgan fingerprint density at radius 3 is 2.64 bits per heavy atom. The van der Waals surface area contributed by atoms with Crippen LogP contribution in [0.2, 0.25) is 0 Å². The Hall–Kier alpha value is -1.77. The maximum atomic E-state index is 12.4. The number of hydrogen-bond acceptors (Lipinski definition) is 3. The average Bonchev–Trinajstić information content (AvgIpc) is 2.02. The molecule has 0 fully saturated rings. The van der Waals surface area contributed by atoms with Gasteiger partial charge in [-0.25, -0.2) is 0 Å². The maximum absolute atomic E-state index is 12.4. The lowest BCUT2D eigenvalue weighted by molar-refractivity contribution is -0.137. The molecule has 0 aliphatic rings. The lowest BCUT2D eigenvalue weighted by atomic mass is 10.1. The molecule has 3 nitrogen and oxygen atoms in total. The van der Waals surface area contributed by atoms with E-state index in [1.54, 1.807) is 6.07 Å². The van der Waals surface area contributed by atoms with Gasteiger partial charge in [0.1, 0.15) is 5.56 Å². The molecule has 0 unspecified atom stereocenters. The standard InChI is InChI=1S/C8H6F3N3/c9-8(10,11)7-5(13)2-4-14-6(7)1-3-12/h2,4H,1H2,(H2,13,14). The van der Waals surface area contributed by atoms with Gasteiger partial charge in [-0.2, -0.15) is 18.4 Å². The monoisotopic (exact) mass is 201 g/mol. The van der Waals surface area contributed by atoms with Crippen LogP contribution in [-0.4, -0.2) is 4.98 Å². The quantitative estimate of drug-likeness (QED) is 0.752. The van der Waals surface area contributed by atoms with Gasteiger partial charge in [0.05, 0.1) is 18.2 Å². The molecule has 14 heavy (non-hydrogen) atoms. The molecule has 74 valence electrons. The molecule has 0 spiro atoms. The highest BCUT2D eigenvalue weighted by molar-refractivity contribution is 5.50. The van der Waals surface area contributed by atoms with E-state index in [4.69, 9.17) is 11.0 Å². The molecule has 0 atom stereocenters. The number of nitrogens with two attached hydrogens (primary N) is 1. The van der Waals surface area contributed by atoms with Crippen molar-refractivity contribution >= 4 is 5.69 Å². The molecule has 1 aromatic heterocycles. The van der Waals surface area contributed by atoms with Gasteiger partial charge in [-0.1, -0.05) is 0 Å². The molecular weight excluding hydrogens is 195 g/mol. The number of nitrogen functional groups attached to an aromatic ring is 1. The van der Waals surface area contributed by atoms with Crippen molar-refractivity contribution in [3.05, 3.63) is 23.5 Å². The highest BCUT2D eigenvalue weighted by Crippen LogP contribution is 2.35. The number of aromatic nitrogens is 1. The van der Waals surface area contributed by atoms with E-state index in [2.05, 4.69) is 4.98 Å². The van der Waals surface area contributed by atoms with Crippen LogP contribution >= 0.6 is 0 Å². The Morgan fingerprint density at radius 2 is 2.14 bits per heavy atom. The van der Waals surface area contributed by atoms with Crippen LogP contribution in [0.3, 0.4) is 0 Å². The highest BCUT2D eigenvalue weighted by atomic mass is 19.4. The lowest BCUT2D eigenvalue weighted by Gasteiger charge is -2.12. The van der Waals surface area contributed by atoms with Crippen molar-refractivity contribution in [3.63, 3.8) is 0 Å². The first-order chi connectivity index (χ1) is 6.46. The number of anilines is 1. The molecule has 0 bridgehead atoms. The molecule has 0 saturated heterocycles. The van der Waals surface area contributed by atoms with Gasteiger partial charge in [0.2, 0.25) is 0 Å². The van der Waals surface area contributed by atoms with Crippen molar-refractivity contribution in [2.75, 3.05) is 5.73 Å². The molecule has 1 heterocycles. The Balaban J connectivity index is 3.31. The van der Waals surface area contributed by atoms with Gasteiger partial charge in [0.25, 0.3) is 0 Å². The maximum Gasteiger partial charge on any atom is 0.420 e. The number of halogens is 3. The van der Waals surface area contributed by atoms with E-state index in [1.807, 2.05) is 0 Å². The second kappa shape index (κ2) is 3.54. The van der Waals surface area contributed by atoms with Gasteiger partial charge < -0.3 is 5.73 Å². The summed E-state index contributed by atoms with van der Waals surface area (Å²) in [6.07, 6.45) is -3.82. The van der Waals surface area contributed by atoms with Crippen LogP contribution in [0, 0.1) is 11.3 Å². The molecular formula is C8H6F3N3. The Morgan fingerprint density at radius 1 is 1.50 bits per heavy atom. The number of nitrogens with zero attached hydrogens (tertiary/aromatic N) is 2. The summed E-state index contributed by atoms with van der Waals surface area (Å²) in [6.45, 7) is 0. The zero-order valence-corrected chi connectivity index (χ0v) is 6.97. The minimum absolute atomic E-state index is 0.333. The fourth-order valence-electron chi connectivity index (χ4n) is 1.06. The van der Waals surface area contributed by atoms with Crippen molar-refractivity contribution in [1.82, 2.24) is 4.98 Å². The normalized spacial score (nSPS) is 11.0. The van der Waals surface area contributed by atoms with Crippen LogP contribution in [0.5, 0.6) is 0 Å². The SMILES string of the molecule is N#CCc1nccc(N)c1C(F)(F)F. The topological polar surface area (TPSA) is 62.7 Å². The second-order valence-electron chi connectivity index (χ2n) is 2.55. The molecule has 0 amide bonds. The Labute approximate surface area is 78.0 Å². The van der Waals surface area contributed by atoms with Crippen LogP contribution in [-0.2, 0) is 12.6 Å². The fraction of sp³-hybridized carbons (Fsp3) is 0.250. The second-order valence-corrected chi connectivity index (χ2v) is 2.55. The van der Waals surface area contributed by atoms with Crippen LogP contribution in [0.25, 0.3) is 0 Å². The van der Waals surface area contributed by atoms with E-state index in [-0.39, 0.29) is 5.69 Å². The Bertz CT molecular complexity index is 378. The summed E-state index contributed by atoms with van der Waals surface area (Å²) < 4.78 is 37.2. The summed E-state index contributed by atoms with van der Waals surface area (Å²) >= 11 is 0. The largest absolute Gasteiger partial charge is 0.420 e. The van der Waals surface area contributed by atoms with E-state index in [1.165, 1.54) is 0 Å². The first-order valence-corrected chi connectivity index (χ1v) is 3.64. The molecule has 0 radical (unpaired) electrons. The zero-order valence-electron chi connectivity index (χ0n) is 6.97. The molecule has 1 rings (SSSR count).